The third-order valence-electron chi connectivity index (χ3n) is 4.28. The molecule has 4 heteroatoms. The second kappa shape index (κ2) is 5.58. The molecule has 0 radical (unpaired) electrons. The Morgan fingerprint density at radius 2 is 1.43 bits per heavy atom. The Kier molecular flexibility index (Phi) is 3.41. The van der Waals surface area contributed by atoms with E-state index < -0.39 is 7.12 Å². The van der Waals surface area contributed by atoms with Gasteiger partial charge in [-0.15, -0.1) is 0 Å². The monoisotopic (exact) mass is 301 g/mol. The second-order valence-electron chi connectivity index (χ2n) is 5.74. The van der Waals surface area contributed by atoms with Gasteiger partial charge in [-0.2, -0.15) is 0 Å². The molecule has 0 spiro atoms. The van der Waals surface area contributed by atoms with Crippen LogP contribution in [0.1, 0.15) is 11.1 Å². The van der Waals surface area contributed by atoms with Crippen molar-refractivity contribution in [3.05, 3.63) is 83.9 Å². The molecule has 0 saturated heterocycles. The van der Waals surface area contributed by atoms with Crippen LogP contribution >= 0.6 is 0 Å². The molecule has 0 atom stereocenters. The summed E-state index contributed by atoms with van der Waals surface area (Å²) >= 11 is 0. The van der Waals surface area contributed by atoms with E-state index >= 15 is 0 Å². The highest BCUT2D eigenvalue weighted by atomic mass is 16.4. The summed E-state index contributed by atoms with van der Waals surface area (Å²) in [7, 11) is -1.46. The highest BCUT2D eigenvalue weighted by Gasteiger charge is 2.25. The third-order valence-corrected chi connectivity index (χ3v) is 4.28. The minimum Gasteiger partial charge on any atom is -0.423 e. The largest absolute Gasteiger partial charge is 0.488 e. The van der Waals surface area contributed by atoms with Crippen molar-refractivity contribution in [3.63, 3.8) is 0 Å². The van der Waals surface area contributed by atoms with Crippen LogP contribution in [0.5, 0.6) is 0 Å². The van der Waals surface area contributed by atoms with Crippen LogP contribution in [0.2, 0.25) is 0 Å². The molecule has 1 aliphatic rings. The van der Waals surface area contributed by atoms with Gasteiger partial charge in [0.25, 0.3) is 0 Å². The van der Waals surface area contributed by atoms with Crippen LogP contribution in [0, 0.1) is 0 Å². The van der Waals surface area contributed by atoms with Gasteiger partial charge in [0.2, 0.25) is 0 Å². The Hall–Kier alpha value is -2.56. The summed E-state index contributed by atoms with van der Waals surface area (Å²) in [5.74, 6) is 0. The van der Waals surface area contributed by atoms with Gasteiger partial charge in [-0.3, -0.25) is 0 Å². The van der Waals surface area contributed by atoms with Gasteiger partial charge in [-0.05, 0) is 40.9 Å². The fraction of sp³-hybridized carbons (Fsp3) is 0.0526. The van der Waals surface area contributed by atoms with Gasteiger partial charge in [-0.1, -0.05) is 48.5 Å². The zero-order valence-corrected chi connectivity index (χ0v) is 12.6. The number of anilines is 3. The molecule has 3 nitrogen and oxygen atoms in total. The lowest BCUT2D eigenvalue weighted by Gasteiger charge is -2.33. The predicted octanol–water partition coefficient (Wildman–Crippen LogP) is 2.74. The molecule has 0 amide bonds. The van der Waals surface area contributed by atoms with Crippen molar-refractivity contribution >= 4 is 29.6 Å². The van der Waals surface area contributed by atoms with Gasteiger partial charge >= 0.3 is 7.12 Å². The Morgan fingerprint density at radius 1 is 0.739 bits per heavy atom. The molecule has 0 unspecified atom stereocenters. The second-order valence-corrected chi connectivity index (χ2v) is 5.74. The zero-order chi connectivity index (χ0) is 15.8. The molecule has 0 fully saturated rings. The molecule has 112 valence electrons. The number of benzene rings is 3. The molecule has 3 aromatic carbocycles. The van der Waals surface area contributed by atoms with E-state index in [1.54, 1.807) is 6.07 Å². The van der Waals surface area contributed by atoms with E-state index in [1.165, 1.54) is 11.1 Å². The fourth-order valence-corrected chi connectivity index (χ4v) is 3.17. The Bertz CT molecular complexity index is 849. The highest BCUT2D eigenvalue weighted by molar-refractivity contribution is 6.58. The first-order valence-corrected chi connectivity index (χ1v) is 7.66. The first-order valence-electron chi connectivity index (χ1n) is 7.66. The van der Waals surface area contributed by atoms with Crippen LogP contribution in [-0.4, -0.2) is 17.2 Å². The molecule has 2 N–H and O–H groups in total. The molecule has 0 aliphatic carbocycles. The normalized spacial score (nSPS) is 12.5. The van der Waals surface area contributed by atoms with Crippen LogP contribution in [-0.2, 0) is 6.42 Å². The van der Waals surface area contributed by atoms with E-state index in [9.17, 15) is 10.0 Å². The third kappa shape index (κ3) is 2.42. The van der Waals surface area contributed by atoms with Crippen LogP contribution in [0.25, 0.3) is 0 Å². The van der Waals surface area contributed by atoms with Crippen molar-refractivity contribution in [1.29, 1.82) is 0 Å². The van der Waals surface area contributed by atoms with Crippen molar-refractivity contribution in [2.24, 2.45) is 0 Å². The van der Waals surface area contributed by atoms with Gasteiger partial charge < -0.3 is 14.9 Å². The summed E-state index contributed by atoms with van der Waals surface area (Å²) in [6.07, 6.45) is 0.844. The average Bonchev–Trinajstić information content (AvgIpc) is 2.59. The maximum Gasteiger partial charge on any atom is 0.488 e. The molecule has 1 aliphatic heterocycles. The van der Waals surface area contributed by atoms with E-state index in [0.29, 0.717) is 5.46 Å². The number of hydrogen-bond acceptors (Lipinski definition) is 3. The average molecular weight is 301 g/mol. The summed E-state index contributed by atoms with van der Waals surface area (Å²) < 4.78 is 0. The van der Waals surface area contributed by atoms with Crippen molar-refractivity contribution < 1.29 is 10.0 Å². The summed E-state index contributed by atoms with van der Waals surface area (Å²) in [6.45, 7) is 0. The van der Waals surface area contributed by atoms with E-state index in [4.69, 9.17) is 0 Å². The fourth-order valence-electron chi connectivity index (χ4n) is 3.17. The van der Waals surface area contributed by atoms with Gasteiger partial charge in [0.15, 0.2) is 0 Å². The van der Waals surface area contributed by atoms with Crippen molar-refractivity contribution in [1.82, 2.24) is 0 Å². The molecular formula is C19H16BNO2. The van der Waals surface area contributed by atoms with Crippen molar-refractivity contribution in [3.8, 4) is 0 Å². The first kappa shape index (κ1) is 14.1. The molecule has 23 heavy (non-hydrogen) atoms. The number of hydrogen-bond donors (Lipinski definition) is 2. The summed E-state index contributed by atoms with van der Waals surface area (Å²) in [5.41, 5.74) is 6.14. The molecule has 3 aromatic rings. The van der Waals surface area contributed by atoms with Crippen molar-refractivity contribution in [2.75, 3.05) is 4.90 Å². The summed E-state index contributed by atoms with van der Waals surface area (Å²) in [4.78, 5) is 2.18. The van der Waals surface area contributed by atoms with Gasteiger partial charge in [0.05, 0.1) is 0 Å². The number of para-hydroxylation sites is 2. The standard InChI is InChI=1S/C19H16BNO2/c22-20(23)16-11-10-15-12-14-6-4-5-9-18(14)21(19(15)13-16)17-7-2-1-3-8-17/h1-11,13,22-23H,12H2. The van der Waals surface area contributed by atoms with Gasteiger partial charge in [-0.25, -0.2) is 0 Å². The lowest BCUT2D eigenvalue weighted by molar-refractivity contribution is 0.426. The molecule has 0 saturated carbocycles. The number of fused-ring (bicyclic) bond motifs is 2. The molecule has 4 rings (SSSR count). The molecule has 1 heterocycles. The molecule has 0 bridgehead atoms. The van der Waals surface area contributed by atoms with Crippen LogP contribution in [0.3, 0.4) is 0 Å². The number of nitrogens with zero attached hydrogens (tertiary/aromatic N) is 1. The van der Waals surface area contributed by atoms with Crippen LogP contribution in [0.15, 0.2) is 72.8 Å². The van der Waals surface area contributed by atoms with E-state index in [-0.39, 0.29) is 0 Å². The predicted molar refractivity (Wildman–Crippen MR) is 93.8 cm³/mol. The topological polar surface area (TPSA) is 43.7 Å². The van der Waals surface area contributed by atoms with E-state index in [1.807, 2.05) is 36.4 Å². The van der Waals surface area contributed by atoms with E-state index in [2.05, 4.69) is 35.2 Å². The zero-order valence-electron chi connectivity index (χ0n) is 12.6. The Balaban J connectivity index is 1.95. The SMILES string of the molecule is OB(O)c1ccc2c(c1)N(c1ccccc1)c1ccccc1C2. The maximum absolute atomic E-state index is 9.51. The summed E-state index contributed by atoms with van der Waals surface area (Å²) in [5, 5.41) is 19.0. The lowest BCUT2D eigenvalue weighted by atomic mass is 9.78. The van der Waals surface area contributed by atoms with Crippen LogP contribution in [0.4, 0.5) is 17.1 Å². The molecular weight excluding hydrogens is 285 g/mol. The minimum atomic E-state index is -1.46. The molecule has 0 aromatic heterocycles. The van der Waals surface area contributed by atoms with Gasteiger partial charge in [0, 0.05) is 23.5 Å². The van der Waals surface area contributed by atoms with Crippen LogP contribution < -0.4 is 10.4 Å². The Morgan fingerprint density at radius 3 is 2.22 bits per heavy atom. The smallest absolute Gasteiger partial charge is 0.423 e. The first-order chi connectivity index (χ1) is 11.2. The minimum absolute atomic E-state index is 0.504. The summed E-state index contributed by atoms with van der Waals surface area (Å²) in [6, 6.07) is 24.1. The maximum atomic E-state index is 9.51. The van der Waals surface area contributed by atoms with E-state index in [0.717, 1.165) is 23.5 Å². The highest BCUT2D eigenvalue weighted by Crippen LogP contribution is 2.42. The number of rotatable bonds is 2. The Labute approximate surface area is 135 Å². The lowest BCUT2D eigenvalue weighted by Crippen LogP contribution is -2.31. The van der Waals surface area contributed by atoms with Gasteiger partial charge in [0.1, 0.15) is 0 Å². The quantitative estimate of drug-likeness (QED) is 0.560. The van der Waals surface area contributed by atoms with Crippen molar-refractivity contribution in [2.45, 2.75) is 6.42 Å².